The molecule has 0 bridgehead atoms. The molecule has 4 rings (SSSR count). The van der Waals surface area contributed by atoms with Crippen molar-refractivity contribution in [2.45, 2.75) is 25.9 Å². The second-order valence-electron chi connectivity index (χ2n) is 7.00. The average molecular weight is 317 g/mol. The molecule has 1 atom stereocenters. The van der Waals surface area contributed by atoms with E-state index < -0.39 is 0 Å². The maximum Gasteiger partial charge on any atom is 0.171 e. The second kappa shape index (κ2) is 6.17. The van der Waals surface area contributed by atoms with Gasteiger partial charge in [-0.15, -0.1) is 0 Å². The lowest BCUT2D eigenvalue weighted by molar-refractivity contribution is 0.140. The zero-order valence-corrected chi connectivity index (χ0v) is 14.2. The Morgan fingerprint density at radius 1 is 1.22 bits per heavy atom. The Labute approximate surface area is 138 Å². The van der Waals surface area contributed by atoms with E-state index in [9.17, 15) is 0 Å². The summed E-state index contributed by atoms with van der Waals surface area (Å²) in [7, 11) is 0. The Bertz CT molecular complexity index is 558. The predicted octanol–water partition coefficient (Wildman–Crippen LogP) is 0.783. The molecular weight excluding hydrogens is 290 g/mol. The number of rotatable bonds is 2. The summed E-state index contributed by atoms with van der Waals surface area (Å²) in [6.07, 6.45) is 2.02. The summed E-state index contributed by atoms with van der Waals surface area (Å²) in [5.41, 5.74) is 1.18. The molecule has 0 saturated carbocycles. The van der Waals surface area contributed by atoms with Crippen molar-refractivity contribution in [3.05, 3.63) is 12.3 Å². The Morgan fingerprint density at radius 2 is 2.04 bits per heavy atom. The van der Waals surface area contributed by atoms with Crippen LogP contribution in [0.15, 0.2) is 12.3 Å². The van der Waals surface area contributed by atoms with Crippen LogP contribution >= 0.6 is 0 Å². The minimum absolute atomic E-state index is 0.427. The van der Waals surface area contributed by atoms with E-state index in [1.54, 1.807) is 0 Å². The number of anilines is 2. The van der Waals surface area contributed by atoms with E-state index in [1.807, 2.05) is 6.20 Å². The number of nitrogens with zero attached hydrogens (tertiary/aromatic N) is 4. The fourth-order valence-electron chi connectivity index (χ4n) is 3.80. The van der Waals surface area contributed by atoms with Crippen molar-refractivity contribution < 1.29 is 4.74 Å². The lowest BCUT2D eigenvalue weighted by atomic mass is 10.1. The standard InChI is InChI=1S/C17H27N5O/c1-13(2)21-7-8-22-15(11-21)12-23-16-9-14(10-19-17(16)22)20-5-3-18-4-6-20/h9-10,13,15,18H,3-8,11-12H2,1-2H3. The van der Waals surface area contributed by atoms with E-state index in [2.05, 4.69) is 39.9 Å². The molecule has 1 aromatic heterocycles. The van der Waals surface area contributed by atoms with Gasteiger partial charge in [-0.05, 0) is 13.8 Å². The van der Waals surface area contributed by atoms with Crippen LogP contribution in [-0.2, 0) is 0 Å². The van der Waals surface area contributed by atoms with Crippen LogP contribution in [0.4, 0.5) is 11.5 Å². The fraction of sp³-hybridized carbons (Fsp3) is 0.706. The van der Waals surface area contributed by atoms with Crippen LogP contribution in [-0.4, -0.2) is 74.4 Å². The van der Waals surface area contributed by atoms with Crippen molar-refractivity contribution in [2.24, 2.45) is 0 Å². The van der Waals surface area contributed by atoms with E-state index >= 15 is 0 Å². The average Bonchev–Trinajstić information content (AvgIpc) is 2.61. The summed E-state index contributed by atoms with van der Waals surface area (Å²) >= 11 is 0. The van der Waals surface area contributed by atoms with Gasteiger partial charge >= 0.3 is 0 Å². The van der Waals surface area contributed by atoms with Gasteiger partial charge in [0.05, 0.1) is 17.9 Å². The van der Waals surface area contributed by atoms with Crippen LogP contribution in [0.5, 0.6) is 5.75 Å². The van der Waals surface area contributed by atoms with E-state index in [1.165, 1.54) is 5.69 Å². The van der Waals surface area contributed by atoms with Gasteiger partial charge in [-0.2, -0.15) is 0 Å². The highest BCUT2D eigenvalue weighted by molar-refractivity contribution is 5.62. The van der Waals surface area contributed by atoms with Gasteiger partial charge in [0.1, 0.15) is 6.61 Å². The number of ether oxygens (including phenoxy) is 1. The molecular formula is C17H27N5O. The Morgan fingerprint density at radius 3 is 2.83 bits per heavy atom. The summed E-state index contributed by atoms with van der Waals surface area (Å²) in [6.45, 7) is 12.7. The maximum absolute atomic E-state index is 6.08. The predicted molar refractivity (Wildman–Crippen MR) is 92.7 cm³/mol. The van der Waals surface area contributed by atoms with Gasteiger partial charge in [0.2, 0.25) is 0 Å². The number of hydrogen-bond donors (Lipinski definition) is 1. The molecule has 23 heavy (non-hydrogen) atoms. The van der Waals surface area contributed by atoms with Crippen molar-refractivity contribution in [2.75, 3.05) is 62.2 Å². The molecule has 4 heterocycles. The molecule has 126 valence electrons. The Kier molecular flexibility index (Phi) is 4.03. The highest BCUT2D eigenvalue weighted by Crippen LogP contribution is 2.36. The maximum atomic E-state index is 6.08. The summed E-state index contributed by atoms with van der Waals surface area (Å²) in [6, 6.07) is 3.20. The normalized spacial score (nSPS) is 25.1. The third kappa shape index (κ3) is 2.85. The molecule has 2 fully saturated rings. The largest absolute Gasteiger partial charge is 0.487 e. The Hall–Kier alpha value is -1.53. The van der Waals surface area contributed by atoms with Gasteiger partial charge in [-0.3, -0.25) is 4.90 Å². The van der Waals surface area contributed by atoms with Crippen molar-refractivity contribution in [1.29, 1.82) is 0 Å². The van der Waals surface area contributed by atoms with Crippen LogP contribution in [0.1, 0.15) is 13.8 Å². The van der Waals surface area contributed by atoms with E-state index in [-0.39, 0.29) is 0 Å². The lowest BCUT2D eigenvalue weighted by Crippen LogP contribution is -2.58. The number of aromatic nitrogens is 1. The fourth-order valence-corrected chi connectivity index (χ4v) is 3.80. The number of nitrogens with one attached hydrogen (secondary N) is 1. The van der Waals surface area contributed by atoms with Gasteiger partial charge in [-0.25, -0.2) is 4.98 Å². The molecule has 0 aromatic carbocycles. The smallest absolute Gasteiger partial charge is 0.171 e. The van der Waals surface area contributed by atoms with Gasteiger partial charge in [-0.1, -0.05) is 0 Å². The van der Waals surface area contributed by atoms with Crippen molar-refractivity contribution >= 4 is 11.5 Å². The van der Waals surface area contributed by atoms with Crippen molar-refractivity contribution in [1.82, 2.24) is 15.2 Å². The first kappa shape index (κ1) is 15.0. The first-order valence-electron chi connectivity index (χ1n) is 8.81. The molecule has 1 unspecified atom stereocenters. The third-order valence-electron chi connectivity index (χ3n) is 5.25. The molecule has 2 saturated heterocycles. The SMILES string of the molecule is CC(C)N1CCN2c3ncc(N4CCNCC4)cc3OCC2C1. The third-order valence-corrected chi connectivity index (χ3v) is 5.25. The van der Waals surface area contributed by atoms with Crippen LogP contribution in [0, 0.1) is 0 Å². The summed E-state index contributed by atoms with van der Waals surface area (Å²) < 4.78 is 6.08. The quantitative estimate of drug-likeness (QED) is 0.870. The number of piperazine rings is 2. The van der Waals surface area contributed by atoms with E-state index in [0.717, 1.165) is 64.0 Å². The topological polar surface area (TPSA) is 43.9 Å². The molecule has 0 aliphatic carbocycles. The molecule has 1 N–H and O–H groups in total. The zero-order valence-electron chi connectivity index (χ0n) is 14.2. The van der Waals surface area contributed by atoms with Gasteiger partial charge in [0.25, 0.3) is 0 Å². The molecule has 3 aliphatic rings. The van der Waals surface area contributed by atoms with E-state index in [4.69, 9.17) is 9.72 Å². The van der Waals surface area contributed by atoms with Gasteiger partial charge in [0, 0.05) is 57.9 Å². The number of fused-ring (bicyclic) bond motifs is 3. The highest BCUT2D eigenvalue weighted by Gasteiger charge is 2.34. The number of pyridine rings is 1. The van der Waals surface area contributed by atoms with Gasteiger partial charge < -0.3 is 19.9 Å². The summed E-state index contributed by atoms with van der Waals surface area (Å²) in [5.74, 6) is 1.99. The Balaban J connectivity index is 1.53. The zero-order chi connectivity index (χ0) is 15.8. The first-order valence-corrected chi connectivity index (χ1v) is 8.81. The molecule has 6 nitrogen and oxygen atoms in total. The lowest BCUT2D eigenvalue weighted by Gasteiger charge is -2.46. The summed E-state index contributed by atoms with van der Waals surface area (Å²) in [5, 5.41) is 3.39. The molecule has 6 heteroatoms. The molecule has 0 amide bonds. The minimum atomic E-state index is 0.427. The highest BCUT2D eigenvalue weighted by atomic mass is 16.5. The summed E-state index contributed by atoms with van der Waals surface area (Å²) in [4.78, 5) is 12.1. The van der Waals surface area contributed by atoms with Crippen LogP contribution < -0.4 is 19.9 Å². The number of hydrogen-bond acceptors (Lipinski definition) is 6. The van der Waals surface area contributed by atoms with Crippen LogP contribution in [0.2, 0.25) is 0 Å². The molecule has 0 spiro atoms. The monoisotopic (exact) mass is 317 g/mol. The second-order valence-corrected chi connectivity index (χ2v) is 7.00. The van der Waals surface area contributed by atoms with Crippen LogP contribution in [0.25, 0.3) is 0 Å². The minimum Gasteiger partial charge on any atom is -0.487 e. The van der Waals surface area contributed by atoms with Gasteiger partial charge in [0.15, 0.2) is 11.6 Å². The van der Waals surface area contributed by atoms with Crippen LogP contribution in [0.3, 0.4) is 0 Å². The van der Waals surface area contributed by atoms with Crippen molar-refractivity contribution in [3.63, 3.8) is 0 Å². The van der Waals surface area contributed by atoms with E-state index in [0.29, 0.717) is 12.1 Å². The first-order chi connectivity index (χ1) is 11.2. The molecule has 1 aromatic rings. The van der Waals surface area contributed by atoms with Crippen molar-refractivity contribution in [3.8, 4) is 5.75 Å². The molecule has 3 aliphatic heterocycles. The molecule has 0 radical (unpaired) electrons.